The van der Waals surface area contributed by atoms with Crippen LogP contribution in [0.15, 0.2) is 18.2 Å². The number of hydrogen-bond acceptors (Lipinski definition) is 7. The molecule has 1 aromatic rings. The molecule has 150 valence electrons. The Morgan fingerprint density at radius 2 is 1.61 bits per heavy atom. The van der Waals surface area contributed by atoms with Crippen LogP contribution in [0.25, 0.3) is 0 Å². The molecule has 1 saturated carbocycles. The lowest BCUT2D eigenvalue weighted by Gasteiger charge is -2.19. The SMILES string of the molecule is COc1ccc(C(=O)COC(=O)CN2C(=O)[C@@H]3CCCC[C@H]3C2=O)cc1OC. The quantitative estimate of drug-likeness (QED) is 0.397. The van der Waals surface area contributed by atoms with Gasteiger partial charge in [0.25, 0.3) is 0 Å². The van der Waals surface area contributed by atoms with Crippen LogP contribution in [0.1, 0.15) is 36.0 Å². The summed E-state index contributed by atoms with van der Waals surface area (Å²) in [5.74, 6) is -1.60. The van der Waals surface area contributed by atoms with Crippen LogP contribution in [-0.4, -0.2) is 55.8 Å². The van der Waals surface area contributed by atoms with Gasteiger partial charge >= 0.3 is 5.97 Å². The van der Waals surface area contributed by atoms with Crippen molar-refractivity contribution in [1.29, 1.82) is 0 Å². The van der Waals surface area contributed by atoms with Crippen LogP contribution in [-0.2, 0) is 19.1 Å². The summed E-state index contributed by atoms with van der Waals surface area (Å²) in [6.07, 6.45) is 3.19. The molecule has 1 aliphatic heterocycles. The third-order valence-electron chi connectivity index (χ3n) is 5.29. The number of benzene rings is 1. The van der Waals surface area contributed by atoms with Gasteiger partial charge in [-0.25, -0.2) is 0 Å². The van der Waals surface area contributed by atoms with E-state index in [2.05, 4.69) is 0 Å². The average molecular weight is 389 g/mol. The average Bonchev–Trinajstić information content (AvgIpc) is 2.96. The van der Waals surface area contributed by atoms with E-state index in [1.165, 1.54) is 26.4 Å². The monoisotopic (exact) mass is 389 g/mol. The number of ketones is 1. The second kappa shape index (κ2) is 8.41. The van der Waals surface area contributed by atoms with Gasteiger partial charge in [0, 0.05) is 5.56 Å². The van der Waals surface area contributed by atoms with Gasteiger partial charge in [0.15, 0.2) is 23.9 Å². The molecule has 1 aromatic carbocycles. The van der Waals surface area contributed by atoms with Crippen LogP contribution in [0.5, 0.6) is 11.5 Å². The maximum Gasteiger partial charge on any atom is 0.326 e. The molecule has 1 heterocycles. The molecule has 8 heteroatoms. The Balaban J connectivity index is 1.56. The predicted molar refractivity (Wildman–Crippen MR) is 97.0 cm³/mol. The minimum Gasteiger partial charge on any atom is -0.493 e. The normalized spacial score (nSPS) is 21.3. The molecular formula is C20H23NO7. The van der Waals surface area contributed by atoms with Gasteiger partial charge in [-0.05, 0) is 31.0 Å². The molecule has 28 heavy (non-hydrogen) atoms. The van der Waals surface area contributed by atoms with Crippen LogP contribution < -0.4 is 9.47 Å². The second-order valence-corrected chi connectivity index (χ2v) is 6.91. The first-order valence-corrected chi connectivity index (χ1v) is 9.22. The molecule has 0 N–H and O–H groups in total. The Morgan fingerprint density at radius 3 is 2.18 bits per heavy atom. The van der Waals surface area contributed by atoms with Crippen molar-refractivity contribution in [2.24, 2.45) is 11.8 Å². The van der Waals surface area contributed by atoms with E-state index >= 15 is 0 Å². The molecule has 0 aromatic heterocycles. The standard InChI is InChI=1S/C20H23NO7/c1-26-16-8-7-12(9-17(16)27-2)15(22)11-28-18(23)10-21-19(24)13-5-3-4-6-14(13)20(21)25/h7-9,13-14H,3-6,10-11H2,1-2H3/t13-,14-/m1/s1. The van der Waals surface area contributed by atoms with E-state index in [4.69, 9.17) is 14.2 Å². The van der Waals surface area contributed by atoms with Gasteiger partial charge in [-0.1, -0.05) is 12.8 Å². The van der Waals surface area contributed by atoms with Gasteiger partial charge in [-0.2, -0.15) is 0 Å². The summed E-state index contributed by atoms with van der Waals surface area (Å²) >= 11 is 0. The van der Waals surface area contributed by atoms with Crippen molar-refractivity contribution in [3.8, 4) is 11.5 Å². The lowest BCUT2D eigenvalue weighted by molar-refractivity contribution is -0.152. The van der Waals surface area contributed by atoms with Gasteiger partial charge in [-0.15, -0.1) is 0 Å². The zero-order valence-electron chi connectivity index (χ0n) is 15.9. The van der Waals surface area contributed by atoms with Crippen molar-refractivity contribution in [3.05, 3.63) is 23.8 Å². The fourth-order valence-electron chi connectivity index (χ4n) is 3.80. The Bertz CT molecular complexity index is 780. The van der Waals surface area contributed by atoms with E-state index < -0.39 is 24.9 Å². The summed E-state index contributed by atoms with van der Waals surface area (Å²) in [6.45, 7) is -0.943. The van der Waals surface area contributed by atoms with Gasteiger partial charge in [0.1, 0.15) is 6.54 Å². The molecule has 1 aliphatic carbocycles. The molecule has 0 radical (unpaired) electrons. The topological polar surface area (TPSA) is 99.2 Å². The van der Waals surface area contributed by atoms with Gasteiger partial charge in [0.2, 0.25) is 11.8 Å². The number of ether oxygens (including phenoxy) is 3. The van der Waals surface area contributed by atoms with Crippen LogP contribution in [0.2, 0.25) is 0 Å². The molecule has 0 unspecified atom stereocenters. The van der Waals surface area contributed by atoms with Gasteiger partial charge < -0.3 is 14.2 Å². The van der Waals surface area contributed by atoms with E-state index in [0.717, 1.165) is 17.7 Å². The van der Waals surface area contributed by atoms with Crippen LogP contribution in [0, 0.1) is 11.8 Å². The molecule has 2 aliphatic rings. The highest BCUT2D eigenvalue weighted by Crippen LogP contribution is 2.37. The molecule has 2 atom stereocenters. The molecular weight excluding hydrogens is 366 g/mol. The highest BCUT2D eigenvalue weighted by atomic mass is 16.5. The van der Waals surface area contributed by atoms with Crippen LogP contribution in [0.3, 0.4) is 0 Å². The summed E-state index contributed by atoms with van der Waals surface area (Å²) in [6, 6.07) is 4.61. The number of Topliss-reactive ketones (excluding diaryl/α,β-unsaturated/α-hetero) is 1. The summed E-state index contributed by atoms with van der Waals surface area (Å²) < 4.78 is 15.3. The number of methoxy groups -OCH3 is 2. The molecule has 0 spiro atoms. The van der Waals surface area contributed by atoms with Crippen LogP contribution in [0.4, 0.5) is 0 Å². The van der Waals surface area contributed by atoms with Crippen molar-refractivity contribution in [2.75, 3.05) is 27.4 Å². The first-order chi connectivity index (χ1) is 13.5. The Kier molecular flexibility index (Phi) is 5.96. The summed E-state index contributed by atoms with van der Waals surface area (Å²) in [4.78, 5) is 50.1. The summed E-state index contributed by atoms with van der Waals surface area (Å²) in [5.41, 5.74) is 0.296. The Labute approximate surface area is 162 Å². The number of fused-ring (bicyclic) bond motifs is 1. The maximum atomic E-state index is 12.4. The first kappa shape index (κ1) is 19.9. The number of hydrogen-bond donors (Lipinski definition) is 0. The number of esters is 1. The van der Waals surface area contributed by atoms with Gasteiger partial charge in [-0.3, -0.25) is 24.1 Å². The van der Waals surface area contributed by atoms with E-state index in [1.807, 2.05) is 0 Å². The van der Waals surface area contributed by atoms with Crippen molar-refractivity contribution in [3.63, 3.8) is 0 Å². The third-order valence-corrected chi connectivity index (χ3v) is 5.29. The van der Waals surface area contributed by atoms with E-state index in [9.17, 15) is 19.2 Å². The summed E-state index contributed by atoms with van der Waals surface area (Å²) in [5, 5.41) is 0. The zero-order chi connectivity index (χ0) is 20.3. The van der Waals surface area contributed by atoms with Crippen molar-refractivity contribution >= 4 is 23.6 Å². The number of imide groups is 1. The Hall–Kier alpha value is -2.90. The largest absolute Gasteiger partial charge is 0.493 e. The maximum absolute atomic E-state index is 12.4. The van der Waals surface area contributed by atoms with E-state index in [1.54, 1.807) is 6.07 Å². The van der Waals surface area contributed by atoms with Crippen molar-refractivity contribution < 1.29 is 33.4 Å². The lowest BCUT2D eigenvalue weighted by Crippen LogP contribution is -2.37. The molecule has 0 bridgehead atoms. The van der Waals surface area contributed by atoms with Crippen LogP contribution >= 0.6 is 0 Å². The molecule has 3 rings (SSSR count). The van der Waals surface area contributed by atoms with E-state index in [0.29, 0.717) is 29.9 Å². The van der Waals surface area contributed by atoms with Crippen molar-refractivity contribution in [1.82, 2.24) is 4.90 Å². The highest BCUT2D eigenvalue weighted by molar-refractivity contribution is 6.07. The molecule has 2 fully saturated rings. The number of amides is 2. The number of likely N-dealkylation sites (tertiary alicyclic amines) is 1. The zero-order valence-corrected chi connectivity index (χ0v) is 15.9. The predicted octanol–water partition coefficient (Wildman–Crippen LogP) is 1.60. The minimum atomic E-state index is -0.783. The smallest absolute Gasteiger partial charge is 0.326 e. The third kappa shape index (κ3) is 3.85. The fraction of sp³-hybridized carbons (Fsp3) is 0.500. The van der Waals surface area contributed by atoms with E-state index in [-0.39, 0.29) is 23.7 Å². The highest BCUT2D eigenvalue weighted by Gasteiger charge is 2.48. The fourth-order valence-corrected chi connectivity index (χ4v) is 3.80. The minimum absolute atomic E-state index is 0.296. The number of rotatable bonds is 7. The first-order valence-electron chi connectivity index (χ1n) is 9.22. The molecule has 1 saturated heterocycles. The summed E-state index contributed by atoms with van der Waals surface area (Å²) in [7, 11) is 2.94. The molecule has 2 amide bonds. The second-order valence-electron chi connectivity index (χ2n) is 6.91. The number of nitrogens with zero attached hydrogens (tertiary/aromatic N) is 1. The lowest BCUT2D eigenvalue weighted by atomic mass is 9.81. The number of carbonyl (C=O) groups is 4. The molecule has 8 nitrogen and oxygen atoms in total. The van der Waals surface area contributed by atoms with Gasteiger partial charge in [0.05, 0.1) is 26.1 Å². The Morgan fingerprint density at radius 1 is 1.00 bits per heavy atom. The number of carbonyl (C=O) groups excluding carboxylic acids is 4. The van der Waals surface area contributed by atoms with Crippen molar-refractivity contribution in [2.45, 2.75) is 25.7 Å².